The highest BCUT2D eigenvalue weighted by Crippen LogP contribution is 2.29. The van der Waals surface area contributed by atoms with Crippen molar-refractivity contribution in [3.63, 3.8) is 0 Å². The van der Waals surface area contributed by atoms with Crippen LogP contribution in [0.4, 0.5) is 5.69 Å². The number of benzene rings is 1. The Hall–Kier alpha value is -2.10. The van der Waals surface area contributed by atoms with Crippen LogP contribution in [0.3, 0.4) is 0 Å². The molecule has 4 nitrogen and oxygen atoms in total. The summed E-state index contributed by atoms with van der Waals surface area (Å²) < 4.78 is 12.7. The molecule has 0 amide bonds. The molecule has 0 fully saturated rings. The van der Waals surface area contributed by atoms with Gasteiger partial charge in [-0.15, -0.1) is 0 Å². The normalized spacial score (nSPS) is 10.3. The molecule has 1 heterocycles. The second-order valence-electron chi connectivity index (χ2n) is 4.27. The van der Waals surface area contributed by atoms with Gasteiger partial charge in [-0.05, 0) is 30.7 Å². The molecule has 0 spiro atoms. The van der Waals surface area contributed by atoms with E-state index in [1.54, 1.807) is 14.2 Å². The molecule has 102 valence electrons. The van der Waals surface area contributed by atoms with E-state index in [2.05, 4.69) is 35.3 Å². The van der Waals surface area contributed by atoms with E-state index in [-0.39, 0.29) is 0 Å². The molecular weight excluding hydrogens is 240 g/mol. The molecule has 0 saturated carbocycles. The highest BCUT2D eigenvalue weighted by molar-refractivity contribution is 5.59. The lowest BCUT2D eigenvalue weighted by atomic mass is 10.2. The SMILES string of the molecule is CCn1ccc(CNc2ccc(OC)cc2OC)c1. The van der Waals surface area contributed by atoms with Crippen molar-refractivity contribution in [2.24, 2.45) is 0 Å². The van der Waals surface area contributed by atoms with E-state index in [4.69, 9.17) is 9.47 Å². The summed E-state index contributed by atoms with van der Waals surface area (Å²) in [5.41, 5.74) is 2.22. The first-order valence-corrected chi connectivity index (χ1v) is 6.37. The van der Waals surface area contributed by atoms with Gasteiger partial charge in [0.15, 0.2) is 0 Å². The van der Waals surface area contributed by atoms with E-state index in [0.29, 0.717) is 0 Å². The van der Waals surface area contributed by atoms with Crippen molar-refractivity contribution in [2.45, 2.75) is 20.0 Å². The Morgan fingerprint density at radius 1 is 1.16 bits per heavy atom. The van der Waals surface area contributed by atoms with Gasteiger partial charge in [-0.25, -0.2) is 0 Å². The minimum atomic E-state index is 0.774. The van der Waals surface area contributed by atoms with Crippen molar-refractivity contribution in [3.05, 3.63) is 42.2 Å². The minimum Gasteiger partial charge on any atom is -0.497 e. The van der Waals surface area contributed by atoms with Crippen molar-refractivity contribution in [1.29, 1.82) is 0 Å². The summed E-state index contributed by atoms with van der Waals surface area (Å²) in [5, 5.41) is 3.38. The molecule has 0 bridgehead atoms. The molecule has 0 aliphatic rings. The zero-order valence-electron chi connectivity index (χ0n) is 11.6. The third-order valence-corrected chi connectivity index (χ3v) is 3.07. The van der Waals surface area contributed by atoms with Crippen LogP contribution in [0.2, 0.25) is 0 Å². The highest BCUT2D eigenvalue weighted by atomic mass is 16.5. The van der Waals surface area contributed by atoms with Crippen LogP contribution >= 0.6 is 0 Å². The molecule has 4 heteroatoms. The summed E-state index contributed by atoms with van der Waals surface area (Å²) >= 11 is 0. The molecule has 2 aromatic rings. The highest BCUT2D eigenvalue weighted by Gasteiger charge is 2.05. The molecule has 0 atom stereocenters. The third-order valence-electron chi connectivity index (χ3n) is 3.07. The van der Waals surface area contributed by atoms with Gasteiger partial charge in [0, 0.05) is 31.5 Å². The number of hydrogen-bond donors (Lipinski definition) is 1. The van der Waals surface area contributed by atoms with Gasteiger partial charge in [-0.2, -0.15) is 0 Å². The Bertz CT molecular complexity index is 535. The molecular formula is C15H20N2O2. The van der Waals surface area contributed by atoms with Gasteiger partial charge in [0.1, 0.15) is 11.5 Å². The molecule has 0 radical (unpaired) electrons. The van der Waals surface area contributed by atoms with Crippen LogP contribution in [0.1, 0.15) is 12.5 Å². The summed E-state index contributed by atoms with van der Waals surface area (Å²) in [6.45, 7) is 3.89. The Balaban J connectivity index is 2.06. The number of nitrogens with zero attached hydrogens (tertiary/aromatic N) is 1. The largest absolute Gasteiger partial charge is 0.497 e. The van der Waals surface area contributed by atoms with Crippen molar-refractivity contribution in [1.82, 2.24) is 4.57 Å². The lowest BCUT2D eigenvalue weighted by Crippen LogP contribution is -2.01. The van der Waals surface area contributed by atoms with Crippen molar-refractivity contribution >= 4 is 5.69 Å². The first kappa shape index (κ1) is 13.3. The van der Waals surface area contributed by atoms with Gasteiger partial charge in [-0.3, -0.25) is 0 Å². The second-order valence-corrected chi connectivity index (χ2v) is 4.27. The molecule has 0 aliphatic carbocycles. The fourth-order valence-electron chi connectivity index (χ4n) is 1.93. The maximum absolute atomic E-state index is 5.35. The van der Waals surface area contributed by atoms with E-state index >= 15 is 0 Å². The summed E-state index contributed by atoms with van der Waals surface area (Å²) in [5.74, 6) is 1.58. The number of ether oxygens (including phenoxy) is 2. The van der Waals surface area contributed by atoms with Gasteiger partial charge in [0.2, 0.25) is 0 Å². The standard InChI is InChI=1S/C15H20N2O2/c1-4-17-8-7-12(11-17)10-16-14-6-5-13(18-2)9-15(14)19-3/h5-9,11,16H,4,10H2,1-3H3. The molecule has 2 rings (SSSR count). The summed E-state index contributed by atoms with van der Waals surface area (Å²) in [6.07, 6.45) is 4.23. The molecule has 1 N–H and O–H groups in total. The maximum Gasteiger partial charge on any atom is 0.145 e. The number of methoxy groups -OCH3 is 2. The molecule has 0 saturated heterocycles. The Kier molecular flexibility index (Phi) is 4.34. The number of hydrogen-bond acceptors (Lipinski definition) is 3. The number of anilines is 1. The Morgan fingerprint density at radius 3 is 2.63 bits per heavy atom. The van der Waals surface area contributed by atoms with Crippen LogP contribution in [0, 0.1) is 0 Å². The van der Waals surface area contributed by atoms with Gasteiger partial charge in [0.05, 0.1) is 19.9 Å². The number of aryl methyl sites for hydroxylation is 1. The van der Waals surface area contributed by atoms with Crippen LogP contribution in [-0.2, 0) is 13.1 Å². The van der Waals surface area contributed by atoms with Crippen molar-refractivity contribution in [3.8, 4) is 11.5 Å². The smallest absolute Gasteiger partial charge is 0.145 e. The molecule has 1 aromatic heterocycles. The number of rotatable bonds is 6. The Morgan fingerprint density at radius 2 is 2.00 bits per heavy atom. The fraction of sp³-hybridized carbons (Fsp3) is 0.333. The maximum atomic E-state index is 5.35. The number of aromatic nitrogens is 1. The van der Waals surface area contributed by atoms with E-state index in [9.17, 15) is 0 Å². The number of nitrogens with one attached hydrogen (secondary N) is 1. The zero-order chi connectivity index (χ0) is 13.7. The summed E-state index contributed by atoms with van der Waals surface area (Å²) in [7, 11) is 3.31. The van der Waals surface area contributed by atoms with Crippen LogP contribution in [0.5, 0.6) is 11.5 Å². The first-order chi connectivity index (χ1) is 9.26. The zero-order valence-corrected chi connectivity index (χ0v) is 11.6. The summed E-state index contributed by atoms with van der Waals surface area (Å²) in [6, 6.07) is 7.88. The quantitative estimate of drug-likeness (QED) is 0.866. The third kappa shape index (κ3) is 3.22. The lowest BCUT2D eigenvalue weighted by molar-refractivity contribution is 0.395. The monoisotopic (exact) mass is 260 g/mol. The molecule has 0 unspecified atom stereocenters. The van der Waals surface area contributed by atoms with E-state index in [1.165, 1.54) is 5.56 Å². The van der Waals surface area contributed by atoms with Crippen LogP contribution in [0.15, 0.2) is 36.7 Å². The molecule has 19 heavy (non-hydrogen) atoms. The predicted molar refractivity (Wildman–Crippen MR) is 77.0 cm³/mol. The predicted octanol–water partition coefficient (Wildman–Crippen LogP) is 3.14. The topological polar surface area (TPSA) is 35.4 Å². The van der Waals surface area contributed by atoms with E-state index < -0.39 is 0 Å². The van der Waals surface area contributed by atoms with Crippen LogP contribution in [0.25, 0.3) is 0 Å². The second kappa shape index (κ2) is 6.18. The van der Waals surface area contributed by atoms with Gasteiger partial charge in [0.25, 0.3) is 0 Å². The fourth-order valence-corrected chi connectivity index (χ4v) is 1.93. The average Bonchev–Trinajstić information content (AvgIpc) is 2.92. The van der Waals surface area contributed by atoms with E-state index in [0.717, 1.165) is 30.3 Å². The van der Waals surface area contributed by atoms with Gasteiger partial charge in [-0.1, -0.05) is 0 Å². The molecule has 0 aliphatic heterocycles. The minimum absolute atomic E-state index is 0.774. The van der Waals surface area contributed by atoms with Crippen LogP contribution < -0.4 is 14.8 Å². The van der Waals surface area contributed by atoms with Crippen molar-refractivity contribution < 1.29 is 9.47 Å². The first-order valence-electron chi connectivity index (χ1n) is 6.37. The molecule has 1 aromatic carbocycles. The lowest BCUT2D eigenvalue weighted by Gasteiger charge is -2.12. The van der Waals surface area contributed by atoms with Crippen molar-refractivity contribution in [2.75, 3.05) is 19.5 Å². The van der Waals surface area contributed by atoms with E-state index in [1.807, 2.05) is 18.2 Å². The van der Waals surface area contributed by atoms with Crippen LogP contribution in [-0.4, -0.2) is 18.8 Å². The van der Waals surface area contributed by atoms with Gasteiger partial charge < -0.3 is 19.4 Å². The summed E-state index contributed by atoms with van der Waals surface area (Å²) in [4.78, 5) is 0. The Labute approximate surface area is 114 Å². The average molecular weight is 260 g/mol. The van der Waals surface area contributed by atoms with Gasteiger partial charge >= 0.3 is 0 Å².